The zero-order chi connectivity index (χ0) is 22.4. The maximum atomic E-state index is 13.8. The van der Waals surface area contributed by atoms with Crippen molar-refractivity contribution < 1.29 is 4.79 Å². The lowest BCUT2D eigenvalue weighted by Gasteiger charge is -2.31. The van der Waals surface area contributed by atoms with Gasteiger partial charge in [-0.15, -0.1) is 11.3 Å². The average molecular weight is 454 g/mol. The van der Waals surface area contributed by atoms with Crippen LogP contribution in [0.4, 0.5) is 10.5 Å². The molecule has 0 saturated heterocycles. The average Bonchev–Trinajstić information content (AvgIpc) is 3.43. The minimum Gasteiger partial charge on any atom is -0.310 e. The molecule has 5 heteroatoms. The molecule has 0 saturated carbocycles. The highest BCUT2D eigenvalue weighted by molar-refractivity contribution is 7.15. The van der Waals surface area contributed by atoms with Crippen LogP contribution in [0.15, 0.2) is 72.9 Å². The van der Waals surface area contributed by atoms with Crippen molar-refractivity contribution in [1.82, 2.24) is 9.47 Å². The Kier molecular flexibility index (Phi) is 5.07. The Morgan fingerprint density at radius 3 is 2.55 bits per heavy atom. The van der Waals surface area contributed by atoms with E-state index in [1.165, 1.54) is 39.4 Å². The molecular formula is C28H27N3OS. The number of aromatic nitrogens is 1. The zero-order valence-electron chi connectivity index (χ0n) is 18.8. The second-order valence-electron chi connectivity index (χ2n) is 9.03. The van der Waals surface area contributed by atoms with Crippen LogP contribution in [-0.2, 0) is 19.4 Å². The van der Waals surface area contributed by atoms with E-state index in [0.717, 1.165) is 29.8 Å². The van der Waals surface area contributed by atoms with Crippen molar-refractivity contribution in [1.29, 1.82) is 0 Å². The number of thiophene rings is 1. The number of benzene rings is 2. The molecule has 1 aliphatic carbocycles. The first kappa shape index (κ1) is 20.3. The molecule has 2 aliphatic rings. The van der Waals surface area contributed by atoms with Gasteiger partial charge in [0.05, 0.1) is 18.3 Å². The Hall–Kier alpha value is -3.31. The number of nitrogens with zero attached hydrogens (tertiary/aromatic N) is 2. The number of aryl methyl sites for hydroxylation is 2. The van der Waals surface area contributed by atoms with Crippen LogP contribution >= 0.6 is 11.3 Å². The van der Waals surface area contributed by atoms with Gasteiger partial charge in [0.2, 0.25) is 0 Å². The third kappa shape index (κ3) is 3.57. The number of hydrogen-bond donors (Lipinski definition) is 1. The van der Waals surface area contributed by atoms with E-state index in [9.17, 15) is 4.79 Å². The van der Waals surface area contributed by atoms with E-state index < -0.39 is 0 Å². The number of nitrogens with one attached hydrogen (secondary N) is 1. The van der Waals surface area contributed by atoms with Crippen LogP contribution in [-0.4, -0.2) is 15.5 Å². The summed E-state index contributed by atoms with van der Waals surface area (Å²) in [5.74, 6) is 0. The number of hydrogen-bond acceptors (Lipinski definition) is 2. The second kappa shape index (κ2) is 8.23. The quantitative estimate of drug-likeness (QED) is 0.354. The molecule has 2 aromatic heterocycles. The molecule has 0 spiro atoms. The monoisotopic (exact) mass is 453 g/mol. The van der Waals surface area contributed by atoms with Crippen molar-refractivity contribution >= 4 is 23.1 Å². The molecule has 0 bridgehead atoms. The number of amides is 2. The summed E-state index contributed by atoms with van der Waals surface area (Å²) in [6, 6.07) is 22.5. The zero-order valence-corrected chi connectivity index (χ0v) is 19.6. The Morgan fingerprint density at radius 1 is 0.939 bits per heavy atom. The number of carbonyl (C=O) groups is 1. The van der Waals surface area contributed by atoms with Crippen molar-refractivity contribution in [2.24, 2.45) is 0 Å². The van der Waals surface area contributed by atoms with Gasteiger partial charge < -0.3 is 14.8 Å². The van der Waals surface area contributed by atoms with Gasteiger partial charge in [-0.25, -0.2) is 4.79 Å². The topological polar surface area (TPSA) is 37.3 Å². The maximum absolute atomic E-state index is 13.8. The first-order valence-electron chi connectivity index (χ1n) is 11.7. The molecule has 33 heavy (non-hydrogen) atoms. The fraction of sp³-hybridized carbons (Fsp3) is 0.250. The van der Waals surface area contributed by atoms with Gasteiger partial charge in [0.15, 0.2) is 0 Å². The van der Waals surface area contributed by atoms with Crippen LogP contribution < -0.4 is 5.32 Å². The molecule has 3 heterocycles. The van der Waals surface area contributed by atoms with E-state index in [0.29, 0.717) is 6.54 Å². The number of rotatable bonds is 2. The molecule has 0 radical (unpaired) electrons. The largest absolute Gasteiger partial charge is 0.322 e. The van der Waals surface area contributed by atoms with Gasteiger partial charge in [0.1, 0.15) is 5.00 Å². The minimum atomic E-state index is -0.162. The molecule has 1 atom stereocenters. The van der Waals surface area contributed by atoms with E-state index in [1.54, 1.807) is 0 Å². The molecule has 0 fully saturated rings. The van der Waals surface area contributed by atoms with Crippen LogP contribution in [0.5, 0.6) is 0 Å². The number of carbonyl (C=O) groups excluding carboxylic acids is 1. The number of urea groups is 1. The molecule has 2 aromatic carbocycles. The summed E-state index contributed by atoms with van der Waals surface area (Å²) in [7, 11) is 0. The van der Waals surface area contributed by atoms with E-state index in [1.807, 2.05) is 46.6 Å². The summed E-state index contributed by atoms with van der Waals surface area (Å²) in [6.45, 7) is 2.67. The van der Waals surface area contributed by atoms with E-state index in [-0.39, 0.29) is 12.1 Å². The predicted molar refractivity (Wildman–Crippen MR) is 134 cm³/mol. The van der Waals surface area contributed by atoms with Gasteiger partial charge in [-0.1, -0.05) is 48.0 Å². The molecule has 4 aromatic rings. The highest BCUT2D eigenvalue weighted by Gasteiger charge is 2.36. The summed E-state index contributed by atoms with van der Waals surface area (Å²) >= 11 is 1.92. The van der Waals surface area contributed by atoms with Crippen molar-refractivity contribution in [3.8, 4) is 5.00 Å². The van der Waals surface area contributed by atoms with Crippen molar-refractivity contribution in [2.45, 2.75) is 45.2 Å². The van der Waals surface area contributed by atoms with Gasteiger partial charge in [0.25, 0.3) is 0 Å². The Labute approximate surface area is 198 Å². The summed E-state index contributed by atoms with van der Waals surface area (Å²) < 4.78 is 2.33. The second-order valence-corrected chi connectivity index (χ2v) is 10.1. The third-order valence-corrected chi connectivity index (χ3v) is 8.19. The fourth-order valence-corrected chi connectivity index (χ4v) is 6.61. The van der Waals surface area contributed by atoms with Crippen LogP contribution in [0, 0.1) is 6.92 Å². The molecule has 166 valence electrons. The SMILES string of the molecule is Cc1ccc(NC(=O)N2Cc3c(sc4c3CCCC4)-n3cccc3[C@H]2c2ccccc2)cc1. The van der Waals surface area contributed by atoms with Gasteiger partial charge in [-0.2, -0.15) is 0 Å². The Balaban J connectivity index is 1.49. The highest BCUT2D eigenvalue weighted by Crippen LogP contribution is 2.44. The summed E-state index contributed by atoms with van der Waals surface area (Å²) in [4.78, 5) is 17.4. The highest BCUT2D eigenvalue weighted by atomic mass is 32.1. The van der Waals surface area contributed by atoms with Crippen molar-refractivity contribution in [2.75, 3.05) is 5.32 Å². The van der Waals surface area contributed by atoms with Gasteiger partial charge in [0, 0.05) is 22.3 Å². The maximum Gasteiger partial charge on any atom is 0.322 e. The number of fused-ring (bicyclic) bond motifs is 5. The predicted octanol–water partition coefficient (Wildman–Crippen LogP) is 6.86. The molecular weight excluding hydrogens is 426 g/mol. The van der Waals surface area contributed by atoms with E-state index >= 15 is 0 Å². The standard InChI is InChI=1S/C28H27N3OS/c1-19-13-15-21(16-14-19)29-28(32)31-18-23-22-10-5-6-12-25(22)33-27(23)30-17-7-11-24(30)26(31)20-8-3-2-4-9-20/h2-4,7-9,11,13-17,26H,5-6,10,12,18H2,1H3,(H,29,32)/t26-/m1/s1. The first-order chi connectivity index (χ1) is 16.2. The van der Waals surface area contributed by atoms with E-state index in [4.69, 9.17) is 0 Å². The summed E-state index contributed by atoms with van der Waals surface area (Å²) in [6.07, 6.45) is 6.91. The third-order valence-electron chi connectivity index (χ3n) is 6.86. The van der Waals surface area contributed by atoms with Gasteiger partial charge in [-0.3, -0.25) is 0 Å². The molecule has 4 nitrogen and oxygen atoms in total. The van der Waals surface area contributed by atoms with Crippen molar-refractivity contribution in [3.63, 3.8) is 0 Å². The minimum absolute atomic E-state index is 0.0657. The lowest BCUT2D eigenvalue weighted by Crippen LogP contribution is -2.38. The smallest absolute Gasteiger partial charge is 0.310 e. The van der Waals surface area contributed by atoms with Crippen LogP contribution in [0.2, 0.25) is 0 Å². The van der Waals surface area contributed by atoms with E-state index in [2.05, 4.69) is 59.4 Å². The van der Waals surface area contributed by atoms with Crippen LogP contribution in [0.1, 0.15) is 51.7 Å². The van der Waals surface area contributed by atoms with Crippen molar-refractivity contribution in [3.05, 3.63) is 106 Å². The molecule has 1 aliphatic heterocycles. The first-order valence-corrected chi connectivity index (χ1v) is 12.5. The van der Waals surface area contributed by atoms with Gasteiger partial charge in [-0.05, 0) is 68.0 Å². The number of anilines is 1. The lowest BCUT2D eigenvalue weighted by molar-refractivity contribution is 0.194. The Bertz CT molecular complexity index is 1300. The summed E-state index contributed by atoms with van der Waals surface area (Å²) in [5, 5.41) is 4.46. The molecule has 6 rings (SSSR count). The molecule has 2 amide bonds. The molecule has 0 unspecified atom stereocenters. The Morgan fingerprint density at radius 2 is 1.73 bits per heavy atom. The summed E-state index contributed by atoms with van der Waals surface area (Å²) in [5.41, 5.74) is 7.06. The fourth-order valence-electron chi connectivity index (χ4n) is 5.20. The van der Waals surface area contributed by atoms with Crippen LogP contribution in [0.3, 0.4) is 0 Å². The van der Waals surface area contributed by atoms with Gasteiger partial charge >= 0.3 is 6.03 Å². The molecule has 1 N–H and O–H groups in total. The normalized spacial score (nSPS) is 17.0. The van der Waals surface area contributed by atoms with Crippen LogP contribution in [0.25, 0.3) is 5.00 Å². The lowest BCUT2D eigenvalue weighted by atomic mass is 9.95.